The molecular formula is C11H5Cl2FN4. The second kappa shape index (κ2) is 4.19. The summed E-state index contributed by atoms with van der Waals surface area (Å²) >= 11 is 11.4. The highest BCUT2D eigenvalue weighted by atomic mass is 35.5. The van der Waals surface area contributed by atoms with E-state index in [-0.39, 0.29) is 5.02 Å². The number of fused-ring (bicyclic) bond motifs is 1. The van der Waals surface area contributed by atoms with E-state index in [0.717, 1.165) is 0 Å². The summed E-state index contributed by atoms with van der Waals surface area (Å²) in [6.45, 7) is 0. The fourth-order valence-electron chi connectivity index (χ4n) is 1.58. The molecule has 0 atom stereocenters. The Balaban J connectivity index is 2.24. The number of halogens is 3. The van der Waals surface area contributed by atoms with Crippen LogP contribution in [0.4, 0.5) is 4.39 Å². The number of hydrogen-bond acceptors (Lipinski definition) is 3. The molecule has 0 N–H and O–H groups in total. The second-order valence-corrected chi connectivity index (χ2v) is 4.37. The summed E-state index contributed by atoms with van der Waals surface area (Å²) in [5.74, 6) is -0.115. The highest BCUT2D eigenvalue weighted by molar-refractivity contribution is 6.30. The Kier molecular flexibility index (Phi) is 2.65. The molecular weight excluding hydrogens is 278 g/mol. The van der Waals surface area contributed by atoms with E-state index < -0.39 is 5.82 Å². The molecule has 2 aromatic heterocycles. The van der Waals surface area contributed by atoms with Gasteiger partial charge in [0.2, 0.25) is 0 Å². The van der Waals surface area contributed by atoms with Crippen LogP contribution in [0.1, 0.15) is 0 Å². The highest BCUT2D eigenvalue weighted by Gasteiger charge is 2.11. The van der Waals surface area contributed by atoms with Crippen molar-refractivity contribution in [3.8, 4) is 11.4 Å². The van der Waals surface area contributed by atoms with Crippen LogP contribution >= 0.6 is 23.2 Å². The summed E-state index contributed by atoms with van der Waals surface area (Å²) in [6, 6.07) is 7.67. The average Bonchev–Trinajstić information content (AvgIpc) is 2.75. The molecule has 1 aromatic carbocycles. The Morgan fingerprint density at radius 2 is 1.89 bits per heavy atom. The molecule has 90 valence electrons. The van der Waals surface area contributed by atoms with Crippen molar-refractivity contribution < 1.29 is 4.39 Å². The van der Waals surface area contributed by atoms with E-state index in [1.54, 1.807) is 18.2 Å². The van der Waals surface area contributed by atoms with Crippen LogP contribution in [0.5, 0.6) is 0 Å². The lowest BCUT2D eigenvalue weighted by Gasteiger charge is -2.00. The molecule has 0 radical (unpaired) electrons. The predicted molar refractivity (Wildman–Crippen MR) is 66.2 cm³/mol. The Morgan fingerprint density at radius 3 is 2.67 bits per heavy atom. The molecule has 0 fully saturated rings. The van der Waals surface area contributed by atoms with E-state index in [0.29, 0.717) is 22.2 Å². The van der Waals surface area contributed by atoms with Crippen LogP contribution in [-0.2, 0) is 0 Å². The van der Waals surface area contributed by atoms with Gasteiger partial charge in [-0.15, -0.1) is 10.2 Å². The van der Waals surface area contributed by atoms with Gasteiger partial charge < -0.3 is 0 Å². The monoisotopic (exact) mass is 282 g/mol. The van der Waals surface area contributed by atoms with Crippen LogP contribution in [0.15, 0.2) is 30.3 Å². The van der Waals surface area contributed by atoms with Crippen molar-refractivity contribution in [2.24, 2.45) is 0 Å². The van der Waals surface area contributed by atoms with E-state index in [1.165, 1.54) is 16.6 Å². The van der Waals surface area contributed by atoms with Crippen molar-refractivity contribution in [3.05, 3.63) is 46.3 Å². The molecule has 0 saturated heterocycles. The lowest BCUT2D eigenvalue weighted by molar-refractivity contribution is 0.628. The van der Waals surface area contributed by atoms with Crippen molar-refractivity contribution in [1.29, 1.82) is 0 Å². The third-order valence-corrected chi connectivity index (χ3v) is 2.92. The Hall–Kier alpha value is -1.72. The largest absolute Gasteiger partial charge is 0.205 e. The number of benzene rings is 1. The summed E-state index contributed by atoms with van der Waals surface area (Å²) in [6.07, 6.45) is 0. The zero-order chi connectivity index (χ0) is 12.7. The van der Waals surface area contributed by atoms with Gasteiger partial charge in [-0.1, -0.05) is 23.2 Å². The Labute approximate surface area is 111 Å². The van der Waals surface area contributed by atoms with E-state index in [1.807, 2.05) is 0 Å². The van der Waals surface area contributed by atoms with Crippen LogP contribution in [-0.4, -0.2) is 19.8 Å². The topological polar surface area (TPSA) is 43.1 Å². The summed E-state index contributed by atoms with van der Waals surface area (Å²) in [4.78, 5) is 0. The standard InChI is InChI=1S/C11H5Cl2FN4/c12-7-2-1-6(5-8(7)14)11-16-15-10-4-3-9(13)17-18(10)11/h1-5H. The van der Waals surface area contributed by atoms with Gasteiger partial charge in [-0.05, 0) is 30.3 Å². The van der Waals surface area contributed by atoms with Crippen molar-refractivity contribution in [1.82, 2.24) is 19.8 Å². The molecule has 0 bridgehead atoms. The zero-order valence-electron chi connectivity index (χ0n) is 8.81. The second-order valence-electron chi connectivity index (χ2n) is 3.58. The summed E-state index contributed by atoms with van der Waals surface area (Å²) in [5, 5.41) is 12.3. The van der Waals surface area contributed by atoms with Gasteiger partial charge >= 0.3 is 0 Å². The molecule has 0 aliphatic carbocycles. The summed E-state index contributed by atoms with van der Waals surface area (Å²) in [7, 11) is 0. The highest BCUT2D eigenvalue weighted by Crippen LogP contribution is 2.23. The molecule has 2 heterocycles. The first kappa shape index (κ1) is 11.4. The summed E-state index contributed by atoms with van der Waals surface area (Å²) in [5.41, 5.74) is 1.06. The molecule has 3 aromatic rings. The quantitative estimate of drug-likeness (QED) is 0.688. The van der Waals surface area contributed by atoms with Gasteiger partial charge in [-0.3, -0.25) is 0 Å². The fourth-order valence-corrected chi connectivity index (χ4v) is 1.84. The van der Waals surface area contributed by atoms with Gasteiger partial charge in [-0.25, -0.2) is 4.39 Å². The number of rotatable bonds is 1. The maximum atomic E-state index is 13.4. The fraction of sp³-hybridized carbons (Fsp3) is 0. The molecule has 18 heavy (non-hydrogen) atoms. The Bertz CT molecular complexity index is 741. The van der Waals surface area contributed by atoms with E-state index >= 15 is 0 Å². The lowest BCUT2D eigenvalue weighted by Crippen LogP contribution is -1.95. The molecule has 0 unspecified atom stereocenters. The molecule has 0 saturated carbocycles. The number of hydrogen-bond donors (Lipinski definition) is 0. The van der Waals surface area contributed by atoms with Crippen molar-refractivity contribution in [3.63, 3.8) is 0 Å². The molecule has 0 aliphatic heterocycles. The molecule has 4 nitrogen and oxygen atoms in total. The van der Waals surface area contributed by atoms with Crippen LogP contribution in [0.25, 0.3) is 17.0 Å². The third kappa shape index (κ3) is 1.81. The van der Waals surface area contributed by atoms with Crippen molar-refractivity contribution in [2.45, 2.75) is 0 Å². The van der Waals surface area contributed by atoms with Gasteiger partial charge in [-0.2, -0.15) is 9.61 Å². The van der Waals surface area contributed by atoms with Gasteiger partial charge in [0.25, 0.3) is 0 Å². The minimum atomic E-state index is -0.520. The number of aromatic nitrogens is 4. The SMILES string of the molecule is Fc1cc(-c2nnc3ccc(Cl)nn23)ccc1Cl. The van der Waals surface area contributed by atoms with Gasteiger partial charge in [0, 0.05) is 5.56 Å². The first-order valence-corrected chi connectivity index (χ1v) is 5.74. The minimum absolute atomic E-state index is 0.0542. The average molecular weight is 283 g/mol. The van der Waals surface area contributed by atoms with Crippen LogP contribution in [0.2, 0.25) is 10.2 Å². The normalized spacial score (nSPS) is 11.1. The first-order valence-electron chi connectivity index (χ1n) is 4.98. The number of nitrogens with zero attached hydrogens (tertiary/aromatic N) is 4. The van der Waals surface area contributed by atoms with E-state index in [4.69, 9.17) is 23.2 Å². The molecule has 7 heteroatoms. The summed E-state index contributed by atoms with van der Waals surface area (Å²) < 4.78 is 14.9. The van der Waals surface area contributed by atoms with Crippen LogP contribution in [0, 0.1) is 5.82 Å². The smallest absolute Gasteiger partial charge is 0.185 e. The first-order chi connectivity index (χ1) is 8.65. The lowest BCUT2D eigenvalue weighted by atomic mass is 10.2. The molecule has 0 amide bonds. The van der Waals surface area contributed by atoms with Gasteiger partial charge in [0.15, 0.2) is 11.5 Å². The van der Waals surface area contributed by atoms with Crippen molar-refractivity contribution in [2.75, 3.05) is 0 Å². The maximum Gasteiger partial charge on any atom is 0.185 e. The van der Waals surface area contributed by atoms with Gasteiger partial charge in [0.05, 0.1) is 5.02 Å². The minimum Gasteiger partial charge on any atom is -0.205 e. The molecule has 0 spiro atoms. The predicted octanol–water partition coefficient (Wildman–Crippen LogP) is 3.24. The van der Waals surface area contributed by atoms with Crippen LogP contribution < -0.4 is 0 Å². The van der Waals surface area contributed by atoms with E-state index in [2.05, 4.69) is 15.3 Å². The van der Waals surface area contributed by atoms with Gasteiger partial charge in [0.1, 0.15) is 11.0 Å². The maximum absolute atomic E-state index is 13.4. The molecule has 0 aliphatic rings. The molecule has 3 rings (SSSR count). The third-order valence-electron chi connectivity index (χ3n) is 2.41. The van der Waals surface area contributed by atoms with Crippen LogP contribution in [0.3, 0.4) is 0 Å². The Morgan fingerprint density at radius 1 is 1.06 bits per heavy atom. The zero-order valence-corrected chi connectivity index (χ0v) is 10.3. The van der Waals surface area contributed by atoms with Crippen molar-refractivity contribution >= 4 is 28.8 Å². The van der Waals surface area contributed by atoms with E-state index in [9.17, 15) is 4.39 Å².